The molecule has 0 atom stereocenters. The van der Waals surface area contributed by atoms with Crippen LogP contribution in [-0.2, 0) is 10.0 Å². The third kappa shape index (κ3) is 3.41. The second-order valence-electron chi connectivity index (χ2n) is 4.21. The van der Waals surface area contributed by atoms with Crippen molar-refractivity contribution in [2.45, 2.75) is 4.90 Å². The quantitative estimate of drug-likeness (QED) is 0.691. The number of hydrogen-bond donors (Lipinski definition) is 3. The van der Waals surface area contributed by atoms with E-state index in [0.29, 0.717) is 0 Å². The van der Waals surface area contributed by atoms with Crippen LogP contribution in [0.4, 0.5) is 5.69 Å². The molecule has 0 radical (unpaired) electrons. The monoisotopic (exact) mass is 302 g/mol. The molecule has 106 valence electrons. The fourth-order valence-electron chi connectivity index (χ4n) is 1.77. The Kier molecular flexibility index (Phi) is 4.28. The van der Waals surface area contributed by atoms with Crippen LogP contribution < -0.4 is 10.2 Å². The van der Waals surface area contributed by atoms with Crippen molar-refractivity contribution in [1.82, 2.24) is 0 Å². The molecular weight excluding hydrogens is 291 g/mol. The predicted molar refractivity (Wildman–Crippen MR) is 78.2 cm³/mol. The van der Waals surface area contributed by atoms with Gasteiger partial charge in [0.25, 0.3) is 10.0 Å². The molecule has 0 heterocycles. The summed E-state index contributed by atoms with van der Waals surface area (Å²) < 4.78 is 26.9. The highest BCUT2D eigenvalue weighted by Crippen LogP contribution is 2.18. The van der Waals surface area contributed by atoms with E-state index < -0.39 is 17.1 Å². The molecule has 0 aliphatic rings. The Balaban J connectivity index is 2.38. The molecule has 0 aliphatic heterocycles. The minimum atomic E-state index is -3.93. The van der Waals surface area contributed by atoms with Gasteiger partial charge in [0, 0.05) is 5.69 Å². The fourth-order valence-corrected chi connectivity index (χ4v) is 2.97. The van der Waals surface area contributed by atoms with Crippen molar-refractivity contribution in [3.05, 3.63) is 54.1 Å². The summed E-state index contributed by atoms with van der Waals surface area (Å²) in [5.41, 5.74) is 0.362. The Bertz CT molecular complexity index is 800. The van der Waals surface area contributed by atoms with E-state index >= 15 is 0 Å². The normalized spacial score (nSPS) is 10.7. The summed E-state index contributed by atoms with van der Waals surface area (Å²) in [4.78, 5) is -0.137. The van der Waals surface area contributed by atoms with Crippen LogP contribution in [0, 0.1) is 11.3 Å². The van der Waals surface area contributed by atoms with Gasteiger partial charge in [-0.3, -0.25) is 4.72 Å². The van der Waals surface area contributed by atoms with Gasteiger partial charge in [-0.1, -0.05) is 24.3 Å². The van der Waals surface area contributed by atoms with Crippen LogP contribution in [0.1, 0.15) is 5.56 Å². The SMILES string of the molecule is N#Cc1ccccc1S(=O)(=O)Nc1cccc(B(O)O)c1. The van der Waals surface area contributed by atoms with Crippen LogP contribution in [0.5, 0.6) is 0 Å². The number of benzene rings is 2. The van der Waals surface area contributed by atoms with Gasteiger partial charge < -0.3 is 10.0 Å². The Labute approximate surface area is 122 Å². The first-order chi connectivity index (χ1) is 9.94. The Morgan fingerprint density at radius 2 is 1.81 bits per heavy atom. The van der Waals surface area contributed by atoms with Gasteiger partial charge in [-0.25, -0.2) is 8.42 Å². The molecule has 2 aromatic rings. The van der Waals surface area contributed by atoms with Gasteiger partial charge in [0.15, 0.2) is 0 Å². The zero-order valence-corrected chi connectivity index (χ0v) is 11.6. The third-order valence-electron chi connectivity index (χ3n) is 2.73. The topological polar surface area (TPSA) is 110 Å². The lowest BCUT2D eigenvalue weighted by atomic mass is 9.80. The third-order valence-corrected chi connectivity index (χ3v) is 4.17. The van der Waals surface area contributed by atoms with Crippen LogP contribution in [0.15, 0.2) is 53.4 Å². The van der Waals surface area contributed by atoms with Gasteiger partial charge in [0.1, 0.15) is 11.0 Å². The van der Waals surface area contributed by atoms with Crippen molar-refractivity contribution < 1.29 is 18.5 Å². The van der Waals surface area contributed by atoms with Crippen molar-refractivity contribution >= 4 is 28.3 Å². The molecule has 0 saturated heterocycles. The zero-order valence-electron chi connectivity index (χ0n) is 10.8. The van der Waals surface area contributed by atoms with Crippen molar-refractivity contribution in [1.29, 1.82) is 5.26 Å². The van der Waals surface area contributed by atoms with Gasteiger partial charge in [-0.15, -0.1) is 0 Å². The molecule has 0 aliphatic carbocycles. The van der Waals surface area contributed by atoms with E-state index in [1.54, 1.807) is 6.07 Å². The van der Waals surface area contributed by atoms with Crippen molar-refractivity contribution in [2.24, 2.45) is 0 Å². The molecule has 0 amide bonds. The molecule has 21 heavy (non-hydrogen) atoms. The van der Waals surface area contributed by atoms with Gasteiger partial charge >= 0.3 is 7.12 Å². The summed E-state index contributed by atoms with van der Waals surface area (Å²) in [6.45, 7) is 0. The molecule has 2 rings (SSSR count). The van der Waals surface area contributed by atoms with Crippen molar-refractivity contribution in [3.63, 3.8) is 0 Å². The molecule has 0 spiro atoms. The zero-order chi connectivity index (χ0) is 15.5. The summed E-state index contributed by atoms with van der Waals surface area (Å²) >= 11 is 0. The maximum atomic E-state index is 12.3. The van der Waals surface area contributed by atoms with Crippen LogP contribution in [0.3, 0.4) is 0 Å². The smallest absolute Gasteiger partial charge is 0.423 e. The maximum absolute atomic E-state index is 12.3. The molecule has 0 aromatic heterocycles. The highest BCUT2D eigenvalue weighted by Gasteiger charge is 2.19. The highest BCUT2D eigenvalue weighted by molar-refractivity contribution is 7.92. The number of anilines is 1. The number of sulfonamides is 1. The van der Waals surface area contributed by atoms with Gasteiger partial charge in [0.2, 0.25) is 0 Å². The van der Waals surface area contributed by atoms with E-state index in [1.165, 1.54) is 42.5 Å². The van der Waals surface area contributed by atoms with Crippen LogP contribution in [0.25, 0.3) is 0 Å². The van der Waals surface area contributed by atoms with E-state index in [-0.39, 0.29) is 21.6 Å². The molecule has 0 fully saturated rings. The lowest BCUT2D eigenvalue weighted by Crippen LogP contribution is -2.30. The van der Waals surface area contributed by atoms with Gasteiger partial charge in [-0.05, 0) is 29.7 Å². The molecule has 6 nitrogen and oxygen atoms in total. The number of hydrogen-bond acceptors (Lipinski definition) is 5. The van der Waals surface area contributed by atoms with Crippen molar-refractivity contribution in [3.8, 4) is 6.07 Å². The summed E-state index contributed by atoms with van der Waals surface area (Å²) in [5.74, 6) is 0. The second kappa shape index (κ2) is 5.97. The summed E-state index contributed by atoms with van der Waals surface area (Å²) in [6, 6.07) is 13.3. The molecule has 0 saturated carbocycles. The number of rotatable bonds is 4. The summed E-state index contributed by atoms with van der Waals surface area (Å²) in [7, 11) is -5.63. The van der Waals surface area contributed by atoms with Gasteiger partial charge in [-0.2, -0.15) is 5.26 Å². The Hall–Kier alpha value is -2.34. The van der Waals surface area contributed by atoms with Crippen LogP contribution in [-0.4, -0.2) is 25.6 Å². The average molecular weight is 302 g/mol. The molecular formula is C13H11BN2O4S. The lowest BCUT2D eigenvalue weighted by molar-refractivity contribution is 0.426. The van der Waals surface area contributed by atoms with Crippen LogP contribution in [0.2, 0.25) is 0 Å². The summed E-state index contributed by atoms with van der Waals surface area (Å²) in [5, 5.41) is 27.1. The van der Waals surface area contributed by atoms with E-state index in [2.05, 4.69) is 4.72 Å². The molecule has 2 aromatic carbocycles. The molecule has 3 N–H and O–H groups in total. The first-order valence-electron chi connectivity index (χ1n) is 5.92. The fraction of sp³-hybridized carbons (Fsp3) is 0. The van der Waals surface area contributed by atoms with E-state index in [9.17, 15) is 8.42 Å². The number of nitriles is 1. The van der Waals surface area contributed by atoms with E-state index in [1.807, 2.05) is 6.07 Å². The highest BCUT2D eigenvalue weighted by atomic mass is 32.2. The average Bonchev–Trinajstić information content (AvgIpc) is 2.47. The lowest BCUT2D eigenvalue weighted by Gasteiger charge is -2.10. The standard InChI is InChI=1S/C13H11BN2O4S/c15-9-10-4-1-2-7-13(10)21(19,20)16-12-6-3-5-11(8-12)14(17)18/h1-8,16-18H. The van der Waals surface area contributed by atoms with Crippen LogP contribution >= 0.6 is 0 Å². The Morgan fingerprint density at radius 3 is 2.48 bits per heavy atom. The Morgan fingerprint density at radius 1 is 1.10 bits per heavy atom. The maximum Gasteiger partial charge on any atom is 0.488 e. The minimum Gasteiger partial charge on any atom is -0.423 e. The van der Waals surface area contributed by atoms with E-state index in [0.717, 1.165) is 0 Å². The first kappa shape index (κ1) is 15.1. The van der Waals surface area contributed by atoms with Crippen molar-refractivity contribution in [2.75, 3.05) is 4.72 Å². The predicted octanol–water partition coefficient (Wildman–Crippen LogP) is 0.0389. The molecule has 8 heteroatoms. The van der Waals surface area contributed by atoms with Gasteiger partial charge in [0.05, 0.1) is 5.56 Å². The minimum absolute atomic E-state index is 0.0309. The summed E-state index contributed by atoms with van der Waals surface area (Å²) in [6.07, 6.45) is 0. The van der Waals surface area contributed by atoms with E-state index in [4.69, 9.17) is 15.3 Å². The number of nitrogens with one attached hydrogen (secondary N) is 1. The first-order valence-corrected chi connectivity index (χ1v) is 7.40. The second-order valence-corrected chi connectivity index (χ2v) is 5.86. The molecule has 0 unspecified atom stereocenters. The molecule has 0 bridgehead atoms. The number of nitrogens with zero attached hydrogens (tertiary/aromatic N) is 1. The largest absolute Gasteiger partial charge is 0.488 e.